The van der Waals surface area contributed by atoms with Crippen LogP contribution in [0, 0.1) is 5.92 Å². The van der Waals surface area contributed by atoms with Crippen LogP contribution in [0.25, 0.3) is 0 Å². The highest BCUT2D eigenvalue weighted by Gasteiger charge is 2.18. The summed E-state index contributed by atoms with van der Waals surface area (Å²) in [6.45, 7) is 7.84. The Balaban J connectivity index is 2.93. The Kier molecular flexibility index (Phi) is 14.5. The molecule has 1 aliphatic rings. The predicted molar refractivity (Wildman–Crippen MR) is 141 cm³/mol. The van der Waals surface area contributed by atoms with Crippen molar-refractivity contribution < 1.29 is 20.1 Å². The number of aliphatic hydroxyl groups is 3. The van der Waals surface area contributed by atoms with Crippen LogP contribution < -0.4 is 5.32 Å². The van der Waals surface area contributed by atoms with Gasteiger partial charge in [0.25, 0.3) is 0 Å². The summed E-state index contributed by atoms with van der Waals surface area (Å²) in [4.78, 5) is 12.0. The number of amides is 1. The van der Waals surface area contributed by atoms with Crippen LogP contribution in [-0.4, -0.2) is 45.6 Å². The number of allylic oxidation sites excluding steroid dienone is 12. The van der Waals surface area contributed by atoms with E-state index in [0.717, 1.165) is 17.6 Å². The maximum atomic E-state index is 12.0. The van der Waals surface area contributed by atoms with Gasteiger partial charge in [0.2, 0.25) is 5.91 Å². The number of carbonyl (C=O) groups is 1. The number of rotatable bonds is 0. The molecule has 0 saturated carbocycles. The summed E-state index contributed by atoms with van der Waals surface area (Å²) >= 11 is 0. The van der Waals surface area contributed by atoms with Gasteiger partial charge in [-0.1, -0.05) is 97.1 Å². The van der Waals surface area contributed by atoms with E-state index >= 15 is 0 Å². The fourth-order valence-corrected chi connectivity index (χ4v) is 3.29. The van der Waals surface area contributed by atoms with Gasteiger partial charge in [-0.15, -0.1) is 0 Å². The average Bonchev–Trinajstić information content (AvgIpc) is 2.75. The SMILES string of the molecule is CC1=CC=CC[C@H](C)NC(=O)C=CC=CC=C[C@H](C)[C@@H](O)C[C@@H](O)C[C@@H](O)/C=C\C=CC(C)=C1. The zero-order valence-corrected chi connectivity index (χ0v) is 20.8. The summed E-state index contributed by atoms with van der Waals surface area (Å²) in [5.41, 5.74) is 2.16. The minimum absolute atomic E-state index is 0.0181. The smallest absolute Gasteiger partial charge is 0.244 e. The molecule has 0 radical (unpaired) electrons. The van der Waals surface area contributed by atoms with Crippen molar-refractivity contribution in [3.63, 3.8) is 0 Å². The van der Waals surface area contributed by atoms with E-state index in [1.807, 2.05) is 64.2 Å². The van der Waals surface area contributed by atoms with Crippen LogP contribution >= 0.6 is 0 Å². The Morgan fingerprint density at radius 2 is 1.50 bits per heavy atom. The van der Waals surface area contributed by atoms with Crippen LogP contribution in [0.15, 0.2) is 96.2 Å². The maximum Gasteiger partial charge on any atom is 0.244 e. The van der Waals surface area contributed by atoms with Gasteiger partial charge in [0.1, 0.15) is 0 Å². The Labute approximate surface area is 205 Å². The van der Waals surface area contributed by atoms with Crippen molar-refractivity contribution in [1.29, 1.82) is 0 Å². The van der Waals surface area contributed by atoms with Crippen LogP contribution in [-0.2, 0) is 4.79 Å². The normalized spacial score (nSPS) is 29.9. The number of hydrogen-bond donors (Lipinski definition) is 4. The fraction of sp³-hybridized carbons (Fsp3) is 0.414. The molecule has 1 aliphatic heterocycles. The van der Waals surface area contributed by atoms with Crippen LogP contribution in [0.3, 0.4) is 0 Å². The summed E-state index contributed by atoms with van der Waals surface area (Å²) in [5, 5.41) is 33.6. The van der Waals surface area contributed by atoms with Gasteiger partial charge in [-0.3, -0.25) is 4.79 Å². The zero-order valence-electron chi connectivity index (χ0n) is 20.8. The van der Waals surface area contributed by atoms with Crippen molar-refractivity contribution in [2.24, 2.45) is 5.92 Å². The van der Waals surface area contributed by atoms with Crippen LogP contribution in [0.4, 0.5) is 0 Å². The Morgan fingerprint density at radius 1 is 0.824 bits per heavy atom. The third-order valence-corrected chi connectivity index (χ3v) is 5.26. The van der Waals surface area contributed by atoms with Crippen LogP contribution in [0.2, 0.25) is 0 Å². The highest BCUT2D eigenvalue weighted by atomic mass is 16.3. The summed E-state index contributed by atoms with van der Waals surface area (Å²) in [7, 11) is 0. The maximum absolute atomic E-state index is 12.0. The molecule has 1 rings (SSSR count). The highest BCUT2D eigenvalue weighted by Crippen LogP contribution is 2.14. The molecule has 0 saturated heterocycles. The molecule has 0 aliphatic carbocycles. The van der Waals surface area contributed by atoms with Crippen molar-refractivity contribution >= 4 is 5.91 Å². The van der Waals surface area contributed by atoms with E-state index in [1.54, 1.807) is 36.5 Å². The van der Waals surface area contributed by atoms with E-state index in [2.05, 4.69) is 11.4 Å². The molecule has 0 bridgehead atoms. The van der Waals surface area contributed by atoms with Crippen molar-refractivity contribution in [3.8, 4) is 0 Å². The zero-order chi connectivity index (χ0) is 25.3. The first-order valence-corrected chi connectivity index (χ1v) is 11.9. The number of nitrogens with one attached hydrogen (secondary N) is 1. The molecule has 1 heterocycles. The van der Waals surface area contributed by atoms with Crippen LogP contribution in [0.1, 0.15) is 47.0 Å². The van der Waals surface area contributed by atoms with Gasteiger partial charge in [0.15, 0.2) is 0 Å². The highest BCUT2D eigenvalue weighted by molar-refractivity contribution is 5.87. The van der Waals surface area contributed by atoms with E-state index in [9.17, 15) is 20.1 Å². The fourth-order valence-electron chi connectivity index (χ4n) is 3.29. The van der Waals surface area contributed by atoms with E-state index in [0.29, 0.717) is 0 Å². The predicted octanol–water partition coefficient (Wildman–Crippen LogP) is 4.62. The number of carbonyl (C=O) groups excluding carboxylic acids is 1. The second-order valence-electron chi connectivity index (χ2n) is 8.86. The van der Waals surface area contributed by atoms with Gasteiger partial charge >= 0.3 is 0 Å². The monoisotopic (exact) mass is 467 g/mol. The lowest BCUT2D eigenvalue weighted by atomic mass is 9.96. The lowest BCUT2D eigenvalue weighted by molar-refractivity contribution is -0.117. The van der Waals surface area contributed by atoms with Gasteiger partial charge in [0, 0.05) is 24.5 Å². The molecule has 5 heteroatoms. The summed E-state index contributed by atoms with van der Waals surface area (Å²) in [6.07, 6.45) is 24.3. The minimum Gasteiger partial charge on any atom is -0.393 e. The molecule has 0 spiro atoms. The topological polar surface area (TPSA) is 89.8 Å². The van der Waals surface area contributed by atoms with Gasteiger partial charge in [-0.25, -0.2) is 0 Å². The molecule has 0 unspecified atom stereocenters. The van der Waals surface area contributed by atoms with E-state index in [4.69, 9.17) is 0 Å². The second-order valence-corrected chi connectivity index (χ2v) is 8.86. The molecular weight excluding hydrogens is 426 g/mol. The number of aliphatic hydroxyl groups excluding tert-OH is 3. The van der Waals surface area contributed by atoms with Gasteiger partial charge < -0.3 is 20.6 Å². The molecule has 1 amide bonds. The minimum atomic E-state index is -0.810. The van der Waals surface area contributed by atoms with Gasteiger partial charge in [0.05, 0.1) is 18.3 Å². The van der Waals surface area contributed by atoms with Crippen molar-refractivity contribution in [3.05, 3.63) is 96.2 Å². The van der Waals surface area contributed by atoms with Crippen molar-refractivity contribution in [2.75, 3.05) is 0 Å². The van der Waals surface area contributed by atoms with Crippen LogP contribution in [0.5, 0.6) is 0 Å². The molecule has 0 aromatic heterocycles. The molecule has 4 N–H and O–H groups in total. The Hall–Kier alpha value is -2.73. The Morgan fingerprint density at radius 3 is 2.26 bits per heavy atom. The molecule has 0 aromatic carbocycles. The average molecular weight is 468 g/mol. The third kappa shape index (κ3) is 14.4. The first-order chi connectivity index (χ1) is 16.2. The Bertz CT molecular complexity index is 857. The van der Waals surface area contributed by atoms with Crippen molar-refractivity contribution in [1.82, 2.24) is 5.32 Å². The molecule has 186 valence electrons. The number of hydrogen-bond acceptors (Lipinski definition) is 4. The molecule has 0 aromatic rings. The molecule has 34 heavy (non-hydrogen) atoms. The van der Waals surface area contributed by atoms with Crippen molar-refractivity contribution in [2.45, 2.75) is 71.3 Å². The molecule has 5 atom stereocenters. The summed E-state index contributed by atoms with van der Waals surface area (Å²) in [6, 6.07) is 0.0181. The standard InChI is InChI=1S/C29H41NO4/c1-22-13-9-11-16-25(4)30-29(34)18-8-6-5-7-15-24(3)28(33)21-27(32)20-26(31)17-12-10-14-23(2)19-22/h5-15,17-19,24-28,31-33H,16,20-21H2,1-4H3,(H,30,34)/b6-5?,11-9?,14-10?,15-7?,17-12-,18-8?,22-13?,23-19?/t24-,25-,26-,27-,28-/m0/s1. The summed E-state index contributed by atoms with van der Waals surface area (Å²) < 4.78 is 0. The van der Waals surface area contributed by atoms with E-state index in [-0.39, 0.29) is 30.7 Å². The first kappa shape index (κ1) is 29.3. The van der Waals surface area contributed by atoms with E-state index < -0.39 is 18.3 Å². The van der Waals surface area contributed by atoms with Gasteiger partial charge in [-0.2, -0.15) is 0 Å². The summed E-state index contributed by atoms with van der Waals surface area (Å²) in [5.74, 6) is -0.316. The molecule has 0 fully saturated rings. The second kappa shape index (κ2) is 16.8. The quantitative estimate of drug-likeness (QED) is 0.418. The molecule has 5 nitrogen and oxygen atoms in total. The molecular formula is C29H41NO4. The largest absolute Gasteiger partial charge is 0.393 e. The lowest BCUT2D eigenvalue weighted by Crippen LogP contribution is -2.30. The first-order valence-electron chi connectivity index (χ1n) is 11.9. The third-order valence-electron chi connectivity index (χ3n) is 5.26. The van der Waals surface area contributed by atoms with Gasteiger partial charge in [-0.05, 0) is 33.6 Å². The lowest BCUT2D eigenvalue weighted by Gasteiger charge is -2.20. The van der Waals surface area contributed by atoms with E-state index in [1.165, 1.54) is 6.08 Å².